The third kappa shape index (κ3) is 3.25. The lowest BCUT2D eigenvalue weighted by molar-refractivity contribution is 0.718. The predicted molar refractivity (Wildman–Crippen MR) is 71.5 cm³/mol. The number of nitrogens with zero attached hydrogens (tertiary/aromatic N) is 1. The van der Waals surface area contributed by atoms with Gasteiger partial charge in [-0.2, -0.15) is 0 Å². The molecule has 1 aromatic carbocycles. The average molecular weight is 268 g/mol. The lowest BCUT2D eigenvalue weighted by Gasteiger charge is -2.10. The molecular formula is C12H14ClN3S. The maximum absolute atomic E-state index is 6.23. The summed E-state index contributed by atoms with van der Waals surface area (Å²) in [6.07, 6.45) is 3.55. The molecule has 2 rings (SSSR count). The van der Waals surface area contributed by atoms with E-state index in [0.717, 1.165) is 28.2 Å². The van der Waals surface area contributed by atoms with E-state index in [1.807, 2.05) is 18.3 Å². The highest BCUT2D eigenvalue weighted by Gasteiger charge is 2.09. The molecule has 2 N–H and O–H groups in total. The number of aromatic amines is 1. The summed E-state index contributed by atoms with van der Waals surface area (Å²) in [5, 5.41) is 4.93. The lowest BCUT2D eigenvalue weighted by Crippen LogP contribution is -2.12. The molecule has 17 heavy (non-hydrogen) atoms. The normalized spacial score (nSPS) is 10.7. The number of aromatic nitrogens is 2. The van der Waals surface area contributed by atoms with Gasteiger partial charge < -0.3 is 10.3 Å². The summed E-state index contributed by atoms with van der Waals surface area (Å²) < 4.78 is 0. The van der Waals surface area contributed by atoms with E-state index in [1.54, 1.807) is 18.0 Å². The summed E-state index contributed by atoms with van der Waals surface area (Å²) in [5.74, 6) is 0. The fraction of sp³-hybridized carbons (Fsp3) is 0.250. The van der Waals surface area contributed by atoms with Crippen LogP contribution >= 0.6 is 23.4 Å². The van der Waals surface area contributed by atoms with Gasteiger partial charge in [-0.05, 0) is 29.9 Å². The topological polar surface area (TPSA) is 40.7 Å². The van der Waals surface area contributed by atoms with Gasteiger partial charge in [0.1, 0.15) is 0 Å². The Morgan fingerprint density at radius 1 is 1.47 bits per heavy atom. The monoisotopic (exact) mass is 267 g/mol. The zero-order chi connectivity index (χ0) is 12.1. The summed E-state index contributed by atoms with van der Waals surface area (Å²) in [5.41, 5.74) is 1.20. The molecule has 0 saturated carbocycles. The predicted octanol–water partition coefficient (Wildman–Crippen LogP) is 3.32. The van der Waals surface area contributed by atoms with Crippen LogP contribution in [0.3, 0.4) is 0 Å². The zero-order valence-electron chi connectivity index (χ0n) is 9.53. The van der Waals surface area contributed by atoms with Crippen LogP contribution in [0.4, 0.5) is 0 Å². The number of benzene rings is 1. The molecule has 0 aliphatic heterocycles. The molecule has 0 unspecified atom stereocenters. The number of hydrogen-bond acceptors (Lipinski definition) is 3. The standard InChI is InChI=1S/C12H14ClN3S/c1-2-14-8-9-4-3-5-10(13)11(9)17-12-15-6-7-16-12/h3-7,14H,2,8H2,1H3,(H,15,16). The van der Waals surface area contributed by atoms with Gasteiger partial charge in [-0.3, -0.25) is 0 Å². The minimum Gasteiger partial charge on any atom is -0.339 e. The van der Waals surface area contributed by atoms with Crippen molar-refractivity contribution in [1.82, 2.24) is 15.3 Å². The second-order valence-electron chi connectivity index (χ2n) is 3.50. The van der Waals surface area contributed by atoms with Gasteiger partial charge in [-0.1, -0.05) is 30.7 Å². The number of rotatable bonds is 5. The fourth-order valence-corrected chi connectivity index (χ4v) is 2.65. The third-order valence-corrected chi connectivity index (χ3v) is 3.82. The van der Waals surface area contributed by atoms with E-state index in [4.69, 9.17) is 11.6 Å². The van der Waals surface area contributed by atoms with Crippen molar-refractivity contribution < 1.29 is 0 Å². The lowest BCUT2D eigenvalue weighted by atomic mass is 10.2. The van der Waals surface area contributed by atoms with Crippen molar-refractivity contribution in [2.75, 3.05) is 6.54 Å². The van der Waals surface area contributed by atoms with Crippen LogP contribution in [0.2, 0.25) is 5.02 Å². The second-order valence-corrected chi connectivity index (χ2v) is 4.91. The van der Waals surface area contributed by atoms with Crippen LogP contribution in [-0.4, -0.2) is 16.5 Å². The number of hydrogen-bond donors (Lipinski definition) is 2. The molecule has 3 nitrogen and oxygen atoms in total. The molecule has 0 saturated heterocycles. The van der Waals surface area contributed by atoms with Gasteiger partial charge in [0.05, 0.1) is 5.02 Å². The van der Waals surface area contributed by atoms with Crippen LogP contribution in [-0.2, 0) is 6.54 Å². The zero-order valence-corrected chi connectivity index (χ0v) is 11.1. The van der Waals surface area contributed by atoms with Gasteiger partial charge in [-0.15, -0.1) is 0 Å². The highest BCUT2D eigenvalue weighted by atomic mass is 35.5. The number of nitrogens with one attached hydrogen (secondary N) is 2. The average Bonchev–Trinajstić information content (AvgIpc) is 2.83. The molecule has 5 heteroatoms. The summed E-state index contributed by atoms with van der Waals surface area (Å²) in [6, 6.07) is 5.96. The van der Waals surface area contributed by atoms with Crippen LogP contribution < -0.4 is 5.32 Å². The first-order chi connectivity index (χ1) is 8.31. The molecule has 0 atom stereocenters. The van der Waals surface area contributed by atoms with E-state index in [2.05, 4.69) is 28.3 Å². The van der Waals surface area contributed by atoms with Gasteiger partial charge in [-0.25, -0.2) is 4.98 Å². The Morgan fingerprint density at radius 3 is 3.06 bits per heavy atom. The van der Waals surface area contributed by atoms with E-state index in [0.29, 0.717) is 0 Å². The first-order valence-corrected chi connectivity index (χ1v) is 6.66. The third-order valence-electron chi connectivity index (χ3n) is 2.29. The molecule has 0 aliphatic rings. The van der Waals surface area contributed by atoms with Crippen molar-refractivity contribution in [2.45, 2.75) is 23.5 Å². The molecule has 1 aromatic heterocycles. The van der Waals surface area contributed by atoms with Crippen molar-refractivity contribution >= 4 is 23.4 Å². The molecule has 0 bridgehead atoms. The molecule has 2 aromatic rings. The SMILES string of the molecule is CCNCc1cccc(Cl)c1Sc1ncc[nH]1. The number of imidazole rings is 1. The van der Waals surface area contributed by atoms with E-state index >= 15 is 0 Å². The minimum absolute atomic E-state index is 0.766. The van der Waals surface area contributed by atoms with Gasteiger partial charge >= 0.3 is 0 Å². The first-order valence-electron chi connectivity index (χ1n) is 5.46. The summed E-state index contributed by atoms with van der Waals surface area (Å²) in [4.78, 5) is 8.33. The van der Waals surface area contributed by atoms with Crippen LogP contribution in [0.15, 0.2) is 40.6 Å². The van der Waals surface area contributed by atoms with Gasteiger partial charge in [0.25, 0.3) is 0 Å². The van der Waals surface area contributed by atoms with Gasteiger partial charge in [0, 0.05) is 23.8 Å². The summed E-state index contributed by atoms with van der Waals surface area (Å²) in [6.45, 7) is 3.85. The Hall–Kier alpha value is -0.970. The minimum atomic E-state index is 0.766. The van der Waals surface area contributed by atoms with Crippen molar-refractivity contribution in [1.29, 1.82) is 0 Å². The van der Waals surface area contributed by atoms with E-state index in [9.17, 15) is 0 Å². The molecule has 1 heterocycles. The van der Waals surface area contributed by atoms with Crippen LogP contribution in [0.25, 0.3) is 0 Å². The highest BCUT2D eigenvalue weighted by molar-refractivity contribution is 7.99. The van der Waals surface area contributed by atoms with E-state index in [1.165, 1.54) is 5.56 Å². The molecule has 0 amide bonds. The molecule has 0 fully saturated rings. The smallest absolute Gasteiger partial charge is 0.170 e. The largest absolute Gasteiger partial charge is 0.339 e. The molecule has 0 radical (unpaired) electrons. The van der Waals surface area contributed by atoms with Crippen molar-refractivity contribution in [3.05, 3.63) is 41.2 Å². The Labute approximate surface area is 110 Å². The van der Waals surface area contributed by atoms with Crippen molar-refractivity contribution in [2.24, 2.45) is 0 Å². The molecule has 0 aliphatic carbocycles. The summed E-state index contributed by atoms with van der Waals surface area (Å²) in [7, 11) is 0. The van der Waals surface area contributed by atoms with Crippen LogP contribution in [0, 0.1) is 0 Å². The maximum Gasteiger partial charge on any atom is 0.170 e. The Morgan fingerprint density at radius 2 is 2.35 bits per heavy atom. The Kier molecular flexibility index (Phi) is 4.48. The second kappa shape index (κ2) is 6.10. The molecule has 90 valence electrons. The quantitative estimate of drug-likeness (QED) is 0.873. The van der Waals surface area contributed by atoms with Gasteiger partial charge in [0.15, 0.2) is 5.16 Å². The van der Waals surface area contributed by atoms with Crippen molar-refractivity contribution in [3.8, 4) is 0 Å². The van der Waals surface area contributed by atoms with E-state index < -0.39 is 0 Å². The Balaban J connectivity index is 2.24. The maximum atomic E-state index is 6.23. The summed E-state index contributed by atoms with van der Waals surface area (Å²) >= 11 is 7.79. The van der Waals surface area contributed by atoms with Gasteiger partial charge in [0.2, 0.25) is 0 Å². The Bertz CT molecular complexity index is 471. The van der Waals surface area contributed by atoms with Crippen molar-refractivity contribution in [3.63, 3.8) is 0 Å². The fourth-order valence-electron chi connectivity index (χ4n) is 1.47. The van der Waals surface area contributed by atoms with Crippen LogP contribution in [0.1, 0.15) is 12.5 Å². The first kappa shape index (κ1) is 12.5. The highest BCUT2D eigenvalue weighted by Crippen LogP contribution is 2.34. The van der Waals surface area contributed by atoms with Crippen LogP contribution in [0.5, 0.6) is 0 Å². The molecule has 0 spiro atoms. The molecular weight excluding hydrogens is 254 g/mol. The number of halogens is 1. The van der Waals surface area contributed by atoms with E-state index in [-0.39, 0.29) is 0 Å². The number of H-pyrrole nitrogens is 1.